The van der Waals surface area contributed by atoms with Crippen molar-refractivity contribution in [3.8, 4) is 22.8 Å². The van der Waals surface area contributed by atoms with Crippen molar-refractivity contribution < 1.29 is 4.52 Å². The van der Waals surface area contributed by atoms with Crippen LogP contribution in [0.3, 0.4) is 0 Å². The average Bonchev–Trinajstić information content (AvgIpc) is 3.36. The molecule has 0 bridgehead atoms. The fourth-order valence-electron chi connectivity index (χ4n) is 3.67. The first-order valence-electron chi connectivity index (χ1n) is 9.20. The van der Waals surface area contributed by atoms with Crippen molar-refractivity contribution in [2.75, 3.05) is 0 Å². The fourth-order valence-corrected chi connectivity index (χ4v) is 3.86. The first-order valence-corrected chi connectivity index (χ1v) is 9.58. The Kier molecular flexibility index (Phi) is 4.37. The van der Waals surface area contributed by atoms with Crippen LogP contribution < -0.4 is 0 Å². The van der Waals surface area contributed by atoms with Crippen molar-refractivity contribution in [1.82, 2.24) is 29.9 Å². The SMILES string of the molecule is Clc1cccc(-c2nc(CC3CCCn4c(-c5ccncc5)nnc43)no2)c1. The highest BCUT2D eigenvalue weighted by atomic mass is 35.5. The minimum atomic E-state index is 0.210. The highest BCUT2D eigenvalue weighted by Crippen LogP contribution is 2.32. The Morgan fingerprint density at radius 1 is 1.11 bits per heavy atom. The molecule has 1 aromatic carbocycles. The largest absolute Gasteiger partial charge is 0.334 e. The summed E-state index contributed by atoms with van der Waals surface area (Å²) in [7, 11) is 0. The van der Waals surface area contributed by atoms with Crippen LogP contribution in [0.15, 0.2) is 53.3 Å². The van der Waals surface area contributed by atoms with Crippen LogP contribution >= 0.6 is 11.6 Å². The third kappa shape index (κ3) is 3.18. The molecule has 0 fully saturated rings. The quantitative estimate of drug-likeness (QED) is 0.518. The number of halogens is 1. The molecule has 1 aliphatic heterocycles. The summed E-state index contributed by atoms with van der Waals surface area (Å²) < 4.78 is 7.64. The molecule has 140 valence electrons. The molecule has 4 aromatic rings. The predicted octanol–water partition coefficient (Wildman–Crippen LogP) is 4.16. The van der Waals surface area contributed by atoms with Crippen LogP contribution in [0.2, 0.25) is 5.02 Å². The van der Waals surface area contributed by atoms with Crippen LogP contribution in [0.4, 0.5) is 0 Å². The molecule has 1 atom stereocenters. The highest BCUT2D eigenvalue weighted by molar-refractivity contribution is 6.30. The van der Waals surface area contributed by atoms with Crippen molar-refractivity contribution in [2.24, 2.45) is 0 Å². The Balaban J connectivity index is 1.40. The van der Waals surface area contributed by atoms with Crippen LogP contribution in [0.1, 0.15) is 30.4 Å². The van der Waals surface area contributed by atoms with E-state index in [9.17, 15) is 0 Å². The standard InChI is InChI=1S/C20H17ClN6O/c21-16-5-1-3-15(11-16)20-23-17(26-28-20)12-14-4-2-10-27-18(24-25-19(14)27)13-6-8-22-9-7-13/h1,3,5-9,11,14H,2,4,10,12H2. The van der Waals surface area contributed by atoms with E-state index in [1.54, 1.807) is 12.4 Å². The molecular formula is C20H17ClN6O. The lowest BCUT2D eigenvalue weighted by Gasteiger charge is -2.22. The summed E-state index contributed by atoms with van der Waals surface area (Å²) in [5.74, 6) is 3.22. The third-order valence-electron chi connectivity index (χ3n) is 4.99. The van der Waals surface area contributed by atoms with Crippen LogP contribution in [0.25, 0.3) is 22.8 Å². The van der Waals surface area contributed by atoms with E-state index < -0.39 is 0 Å². The normalized spacial score (nSPS) is 16.1. The molecule has 5 rings (SSSR count). The van der Waals surface area contributed by atoms with Gasteiger partial charge in [-0.05, 0) is 43.2 Å². The van der Waals surface area contributed by atoms with Crippen molar-refractivity contribution in [3.05, 3.63) is 65.5 Å². The molecule has 1 unspecified atom stereocenters. The van der Waals surface area contributed by atoms with Crippen LogP contribution in [-0.4, -0.2) is 29.9 Å². The summed E-state index contributed by atoms with van der Waals surface area (Å²) in [6.45, 7) is 0.913. The molecule has 4 heterocycles. The second kappa shape index (κ2) is 7.16. The highest BCUT2D eigenvalue weighted by Gasteiger charge is 2.27. The van der Waals surface area contributed by atoms with E-state index in [0.29, 0.717) is 23.2 Å². The maximum Gasteiger partial charge on any atom is 0.257 e. The van der Waals surface area contributed by atoms with Gasteiger partial charge in [0.2, 0.25) is 0 Å². The van der Waals surface area contributed by atoms with Crippen molar-refractivity contribution in [1.29, 1.82) is 0 Å². The molecule has 7 nitrogen and oxygen atoms in total. The first kappa shape index (κ1) is 17.1. The number of fused-ring (bicyclic) bond motifs is 1. The Hall–Kier alpha value is -3.06. The third-order valence-corrected chi connectivity index (χ3v) is 5.22. The molecule has 0 amide bonds. The lowest BCUT2D eigenvalue weighted by atomic mass is 9.95. The number of nitrogens with zero attached hydrogens (tertiary/aromatic N) is 6. The van der Waals surface area contributed by atoms with Gasteiger partial charge in [0.15, 0.2) is 11.6 Å². The number of benzene rings is 1. The van der Waals surface area contributed by atoms with Gasteiger partial charge in [-0.15, -0.1) is 10.2 Å². The molecule has 0 saturated heterocycles. The molecular weight excluding hydrogens is 376 g/mol. The summed E-state index contributed by atoms with van der Waals surface area (Å²) >= 11 is 6.05. The van der Waals surface area contributed by atoms with Gasteiger partial charge in [-0.3, -0.25) is 4.98 Å². The number of hydrogen-bond acceptors (Lipinski definition) is 6. The summed E-state index contributed by atoms with van der Waals surface area (Å²) in [5.41, 5.74) is 1.84. The van der Waals surface area contributed by atoms with Gasteiger partial charge in [0.25, 0.3) is 5.89 Å². The lowest BCUT2D eigenvalue weighted by Crippen LogP contribution is -2.19. The molecule has 28 heavy (non-hydrogen) atoms. The molecule has 3 aromatic heterocycles. The molecule has 0 N–H and O–H groups in total. The van der Waals surface area contributed by atoms with Gasteiger partial charge in [-0.25, -0.2) is 0 Å². The molecule has 0 saturated carbocycles. The lowest BCUT2D eigenvalue weighted by molar-refractivity contribution is 0.404. The van der Waals surface area contributed by atoms with Gasteiger partial charge in [0, 0.05) is 47.4 Å². The molecule has 0 aliphatic carbocycles. The van der Waals surface area contributed by atoms with E-state index in [1.165, 1.54) is 0 Å². The maximum absolute atomic E-state index is 6.05. The van der Waals surface area contributed by atoms with Gasteiger partial charge in [-0.1, -0.05) is 22.8 Å². The minimum absolute atomic E-state index is 0.210. The van der Waals surface area contributed by atoms with Crippen LogP contribution in [0, 0.1) is 0 Å². The molecule has 0 spiro atoms. The Morgan fingerprint density at radius 2 is 2.00 bits per heavy atom. The van der Waals surface area contributed by atoms with Gasteiger partial charge in [0.1, 0.15) is 5.82 Å². The number of aromatic nitrogens is 6. The topological polar surface area (TPSA) is 82.5 Å². The van der Waals surface area contributed by atoms with Gasteiger partial charge in [-0.2, -0.15) is 4.98 Å². The summed E-state index contributed by atoms with van der Waals surface area (Å²) in [5, 5.41) is 13.7. The van der Waals surface area contributed by atoms with E-state index in [-0.39, 0.29) is 5.92 Å². The van der Waals surface area contributed by atoms with E-state index in [4.69, 9.17) is 16.1 Å². The van der Waals surface area contributed by atoms with Crippen molar-refractivity contribution >= 4 is 11.6 Å². The van der Waals surface area contributed by atoms with Crippen LogP contribution in [0.5, 0.6) is 0 Å². The zero-order valence-corrected chi connectivity index (χ0v) is 15.8. The number of hydrogen-bond donors (Lipinski definition) is 0. The zero-order chi connectivity index (χ0) is 18.9. The Labute approximate surface area is 166 Å². The van der Waals surface area contributed by atoms with E-state index in [1.807, 2.05) is 36.4 Å². The second-order valence-electron chi connectivity index (χ2n) is 6.84. The average molecular weight is 393 g/mol. The maximum atomic E-state index is 6.05. The summed E-state index contributed by atoms with van der Waals surface area (Å²) in [4.78, 5) is 8.63. The van der Waals surface area contributed by atoms with Crippen molar-refractivity contribution in [2.45, 2.75) is 31.7 Å². The van der Waals surface area contributed by atoms with E-state index in [0.717, 1.165) is 42.2 Å². The fraction of sp³-hybridized carbons (Fsp3) is 0.250. The van der Waals surface area contributed by atoms with Gasteiger partial charge in [0.05, 0.1) is 0 Å². The van der Waals surface area contributed by atoms with Gasteiger partial charge < -0.3 is 9.09 Å². The Morgan fingerprint density at radius 3 is 2.86 bits per heavy atom. The molecule has 1 aliphatic rings. The van der Waals surface area contributed by atoms with Crippen molar-refractivity contribution in [3.63, 3.8) is 0 Å². The number of pyridine rings is 1. The minimum Gasteiger partial charge on any atom is -0.334 e. The number of rotatable bonds is 4. The Bertz CT molecular complexity index is 1110. The first-order chi connectivity index (χ1) is 13.8. The van der Waals surface area contributed by atoms with E-state index in [2.05, 4.69) is 29.9 Å². The van der Waals surface area contributed by atoms with Crippen LogP contribution in [-0.2, 0) is 13.0 Å². The molecule has 8 heteroatoms. The smallest absolute Gasteiger partial charge is 0.257 e. The second-order valence-corrected chi connectivity index (χ2v) is 7.28. The molecule has 0 radical (unpaired) electrons. The summed E-state index contributed by atoms with van der Waals surface area (Å²) in [6, 6.07) is 11.3. The zero-order valence-electron chi connectivity index (χ0n) is 15.0. The van der Waals surface area contributed by atoms with Gasteiger partial charge >= 0.3 is 0 Å². The monoisotopic (exact) mass is 392 g/mol. The van der Waals surface area contributed by atoms with E-state index >= 15 is 0 Å². The summed E-state index contributed by atoms with van der Waals surface area (Å²) in [6.07, 6.45) is 6.29. The predicted molar refractivity (Wildman–Crippen MR) is 104 cm³/mol.